The van der Waals surface area contributed by atoms with Crippen LogP contribution in [0.3, 0.4) is 0 Å². The number of hydrogen-bond acceptors (Lipinski definition) is 6. The zero-order chi connectivity index (χ0) is 19.3. The van der Waals surface area contributed by atoms with Crippen LogP contribution in [0.1, 0.15) is 52.9 Å². The maximum atomic E-state index is 13.1. The molecule has 0 spiro atoms. The number of esters is 2. The normalized spacial score (nSPS) is 40.5. The summed E-state index contributed by atoms with van der Waals surface area (Å²) in [5, 5.41) is 11.6. The fourth-order valence-electron chi connectivity index (χ4n) is 4.91. The Morgan fingerprint density at radius 1 is 1.42 bits per heavy atom. The Bertz CT molecular complexity index is 655. The molecule has 26 heavy (non-hydrogen) atoms. The second-order valence-electron chi connectivity index (χ2n) is 8.17. The van der Waals surface area contributed by atoms with Crippen molar-refractivity contribution >= 4 is 17.7 Å². The highest BCUT2D eigenvalue weighted by molar-refractivity contribution is 5.95. The zero-order valence-electron chi connectivity index (χ0n) is 15.7. The lowest BCUT2D eigenvalue weighted by Crippen LogP contribution is -2.61. The number of ketones is 1. The number of carbonyl (C=O) groups is 3. The number of ether oxygens (including phenoxy) is 2. The monoisotopic (exact) mass is 364 g/mol. The van der Waals surface area contributed by atoms with E-state index >= 15 is 0 Å². The molecule has 3 aliphatic rings. The first kappa shape index (κ1) is 19.1. The molecule has 1 N–H and O–H groups in total. The molecule has 1 heterocycles. The quantitative estimate of drug-likeness (QED) is 0.607. The first-order valence-electron chi connectivity index (χ1n) is 9.51. The summed E-state index contributed by atoms with van der Waals surface area (Å²) < 4.78 is 11.1. The topological polar surface area (TPSA) is 89.9 Å². The summed E-state index contributed by atoms with van der Waals surface area (Å²) >= 11 is 0. The minimum Gasteiger partial charge on any atom is -0.464 e. The van der Waals surface area contributed by atoms with Crippen molar-refractivity contribution in [2.45, 2.75) is 64.6 Å². The highest BCUT2D eigenvalue weighted by atomic mass is 16.6. The summed E-state index contributed by atoms with van der Waals surface area (Å²) in [5.41, 5.74) is -2.42. The van der Waals surface area contributed by atoms with E-state index in [1.54, 1.807) is 6.92 Å². The van der Waals surface area contributed by atoms with E-state index in [-0.39, 0.29) is 36.6 Å². The van der Waals surface area contributed by atoms with Gasteiger partial charge in [-0.25, -0.2) is 4.79 Å². The minimum atomic E-state index is -1.41. The van der Waals surface area contributed by atoms with Crippen molar-refractivity contribution in [3.63, 3.8) is 0 Å². The fraction of sp³-hybridized carbons (Fsp3) is 0.750. The highest BCUT2D eigenvalue weighted by Gasteiger charge is 2.71. The van der Waals surface area contributed by atoms with Crippen molar-refractivity contribution in [1.29, 1.82) is 0 Å². The number of carbonyl (C=O) groups excluding carboxylic acids is 3. The SMILES string of the molecule is C=C1C(=O)O[C@@H]2[C@H]1CC[C@H](C)[C@]1(O)CCC(=O)[C@@]21COC(=O)[C@H](C)CC. The molecule has 6 heteroatoms. The van der Waals surface area contributed by atoms with Gasteiger partial charge in [0.05, 0.1) is 11.5 Å². The first-order chi connectivity index (χ1) is 12.2. The molecule has 0 amide bonds. The molecule has 6 nitrogen and oxygen atoms in total. The van der Waals surface area contributed by atoms with Crippen LogP contribution in [0.2, 0.25) is 0 Å². The second-order valence-corrected chi connectivity index (χ2v) is 8.17. The Morgan fingerprint density at radius 2 is 2.12 bits per heavy atom. The van der Waals surface area contributed by atoms with Crippen LogP contribution in [-0.4, -0.2) is 41.1 Å². The van der Waals surface area contributed by atoms with E-state index in [9.17, 15) is 19.5 Å². The van der Waals surface area contributed by atoms with Crippen LogP contribution in [0.4, 0.5) is 0 Å². The Labute approximate surface area is 153 Å². The molecule has 1 aliphatic heterocycles. The predicted octanol–water partition coefficient (Wildman–Crippen LogP) is 2.18. The Kier molecular flexibility index (Phi) is 4.76. The standard InChI is InChI=1S/C20H28O6/c1-5-11(2)17(22)25-10-19-15(21)8-9-20(19,24)12(3)6-7-14-13(4)18(23)26-16(14)19/h11-12,14,16,24H,4-10H2,1-3H3/t11-,12+,14+,16-,19+,20-/m1/s1. The molecule has 1 saturated heterocycles. The summed E-state index contributed by atoms with van der Waals surface area (Å²) in [6.45, 7) is 9.15. The third-order valence-electron chi connectivity index (χ3n) is 6.98. The summed E-state index contributed by atoms with van der Waals surface area (Å²) in [6, 6.07) is 0. The second kappa shape index (κ2) is 6.48. The third kappa shape index (κ3) is 2.45. The van der Waals surface area contributed by atoms with E-state index in [1.165, 1.54) is 0 Å². The van der Waals surface area contributed by atoms with Crippen molar-refractivity contribution in [2.75, 3.05) is 6.61 Å². The van der Waals surface area contributed by atoms with Crippen LogP contribution in [0.25, 0.3) is 0 Å². The smallest absolute Gasteiger partial charge is 0.334 e. The van der Waals surface area contributed by atoms with E-state index in [0.29, 0.717) is 31.3 Å². The Hall–Kier alpha value is -1.69. The number of Topliss-reactive ketones (excluding diaryl/α,β-unsaturated/α-hetero) is 1. The molecular formula is C20H28O6. The van der Waals surface area contributed by atoms with E-state index in [4.69, 9.17) is 9.47 Å². The molecular weight excluding hydrogens is 336 g/mol. The van der Waals surface area contributed by atoms with Gasteiger partial charge < -0.3 is 14.6 Å². The molecule has 0 aromatic rings. The van der Waals surface area contributed by atoms with Gasteiger partial charge >= 0.3 is 11.9 Å². The number of fused-ring (bicyclic) bond motifs is 3. The van der Waals surface area contributed by atoms with Crippen LogP contribution >= 0.6 is 0 Å². The van der Waals surface area contributed by atoms with E-state index < -0.39 is 29.1 Å². The average Bonchev–Trinajstić information content (AvgIpc) is 3.02. The van der Waals surface area contributed by atoms with E-state index in [0.717, 1.165) is 0 Å². The highest BCUT2D eigenvalue weighted by Crippen LogP contribution is 2.59. The first-order valence-corrected chi connectivity index (χ1v) is 9.51. The fourth-order valence-corrected chi connectivity index (χ4v) is 4.91. The molecule has 0 aromatic heterocycles. The van der Waals surface area contributed by atoms with Crippen molar-refractivity contribution < 1.29 is 29.0 Å². The summed E-state index contributed by atoms with van der Waals surface area (Å²) in [4.78, 5) is 37.5. The lowest BCUT2D eigenvalue weighted by Gasteiger charge is -2.45. The van der Waals surface area contributed by atoms with Gasteiger partial charge in [-0.05, 0) is 31.6 Å². The van der Waals surface area contributed by atoms with Gasteiger partial charge in [0.15, 0.2) is 0 Å². The van der Waals surface area contributed by atoms with Gasteiger partial charge in [0.2, 0.25) is 0 Å². The third-order valence-corrected chi connectivity index (χ3v) is 6.98. The molecule has 0 radical (unpaired) electrons. The minimum absolute atomic E-state index is 0.173. The van der Waals surface area contributed by atoms with Crippen LogP contribution in [-0.2, 0) is 23.9 Å². The molecule has 3 rings (SSSR count). The van der Waals surface area contributed by atoms with E-state index in [1.807, 2.05) is 13.8 Å². The maximum Gasteiger partial charge on any atom is 0.334 e. The van der Waals surface area contributed by atoms with E-state index in [2.05, 4.69) is 6.58 Å². The summed E-state index contributed by atoms with van der Waals surface area (Å²) in [6.07, 6.45) is 1.56. The van der Waals surface area contributed by atoms with Crippen molar-refractivity contribution in [3.8, 4) is 0 Å². The van der Waals surface area contributed by atoms with Crippen LogP contribution < -0.4 is 0 Å². The van der Waals surface area contributed by atoms with Crippen molar-refractivity contribution in [1.82, 2.24) is 0 Å². The summed E-state index contributed by atoms with van der Waals surface area (Å²) in [5.74, 6) is -1.92. The predicted molar refractivity (Wildman–Crippen MR) is 92.9 cm³/mol. The zero-order valence-corrected chi connectivity index (χ0v) is 15.7. The number of hydrogen-bond donors (Lipinski definition) is 1. The van der Waals surface area contributed by atoms with Gasteiger partial charge in [-0.1, -0.05) is 27.4 Å². The van der Waals surface area contributed by atoms with Gasteiger partial charge in [0.25, 0.3) is 0 Å². The van der Waals surface area contributed by atoms with Crippen LogP contribution in [0.15, 0.2) is 12.2 Å². The van der Waals surface area contributed by atoms with Gasteiger partial charge in [-0.15, -0.1) is 0 Å². The number of rotatable bonds is 4. The van der Waals surface area contributed by atoms with Crippen molar-refractivity contribution in [3.05, 3.63) is 12.2 Å². The molecule has 0 bridgehead atoms. The molecule has 0 aromatic carbocycles. The molecule has 144 valence electrons. The lowest BCUT2D eigenvalue weighted by atomic mass is 9.64. The van der Waals surface area contributed by atoms with Crippen LogP contribution in [0, 0.1) is 23.2 Å². The lowest BCUT2D eigenvalue weighted by molar-refractivity contribution is -0.192. The largest absolute Gasteiger partial charge is 0.464 e. The molecule has 6 atom stereocenters. The molecule has 0 unspecified atom stereocenters. The maximum absolute atomic E-state index is 13.1. The van der Waals surface area contributed by atoms with Crippen LogP contribution in [0.5, 0.6) is 0 Å². The Balaban J connectivity index is 2.03. The Morgan fingerprint density at radius 3 is 2.77 bits per heavy atom. The summed E-state index contributed by atoms with van der Waals surface area (Å²) in [7, 11) is 0. The van der Waals surface area contributed by atoms with Crippen molar-refractivity contribution in [2.24, 2.45) is 23.2 Å². The van der Waals surface area contributed by atoms with Gasteiger partial charge in [0.1, 0.15) is 23.9 Å². The van der Waals surface area contributed by atoms with Gasteiger partial charge in [-0.3, -0.25) is 9.59 Å². The number of aliphatic hydroxyl groups is 1. The molecule has 3 fully saturated rings. The van der Waals surface area contributed by atoms with Gasteiger partial charge in [0, 0.05) is 17.9 Å². The van der Waals surface area contributed by atoms with Gasteiger partial charge in [-0.2, -0.15) is 0 Å². The average molecular weight is 364 g/mol. The molecule has 2 aliphatic carbocycles. The molecule has 2 saturated carbocycles.